The fourth-order valence-corrected chi connectivity index (χ4v) is 3.06. The molecule has 0 aliphatic carbocycles. The largest absolute Gasteiger partial charge is 0.481 e. The predicted molar refractivity (Wildman–Crippen MR) is 142 cm³/mol. The van der Waals surface area contributed by atoms with Crippen LogP contribution in [0, 0.1) is 0 Å². The average Bonchev–Trinajstić information content (AvgIpc) is 2.93. The number of ether oxygens (including phenoxy) is 2. The van der Waals surface area contributed by atoms with E-state index in [2.05, 4.69) is 15.8 Å². The SMILES string of the molecule is CCOC(=O)COc1ccccc1C=NNC(=O)/C(=C/C=C/c1ccccc1)NC(=O)c1ccccc1. The number of hydrogen-bond acceptors (Lipinski definition) is 6. The van der Waals surface area contributed by atoms with Crippen molar-refractivity contribution < 1.29 is 23.9 Å². The Labute approximate surface area is 215 Å². The number of carbonyl (C=O) groups is 3. The molecule has 2 N–H and O–H groups in total. The van der Waals surface area contributed by atoms with Crippen LogP contribution in [-0.4, -0.2) is 37.2 Å². The summed E-state index contributed by atoms with van der Waals surface area (Å²) < 4.78 is 10.4. The van der Waals surface area contributed by atoms with Crippen molar-refractivity contribution in [2.75, 3.05) is 13.2 Å². The number of esters is 1. The number of nitrogens with one attached hydrogen (secondary N) is 2. The highest BCUT2D eigenvalue weighted by atomic mass is 16.6. The van der Waals surface area contributed by atoms with Gasteiger partial charge in [0.2, 0.25) is 0 Å². The zero-order valence-corrected chi connectivity index (χ0v) is 20.3. The summed E-state index contributed by atoms with van der Waals surface area (Å²) in [7, 11) is 0. The summed E-state index contributed by atoms with van der Waals surface area (Å²) >= 11 is 0. The number of rotatable bonds is 11. The van der Waals surface area contributed by atoms with Gasteiger partial charge in [0.1, 0.15) is 11.4 Å². The molecule has 37 heavy (non-hydrogen) atoms. The first-order valence-corrected chi connectivity index (χ1v) is 11.6. The van der Waals surface area contributed by atoms with E-state index in [1.165, 1.54) is 12.3 Å². The van der Waals surface area contributed by atoms with Crippen LogP contribution in [0.5, 0.6) is 5.75 Å². The maximum atomic E-state index is 12.9. The first kappa shape index (κ1) is 26.6. The van der Waals surface area contributed by atoms with Crippen molar-refractivity contribution in [1.82, 2.24) is 10.7 Å². The molecule has 3 aromatic rings. The van der Waals surface area contributed by atoms with E-state index in [1.54, 1.807) is 67.6 Å². The molecule has 0 aliphatic heterocycles. The van der Waals surface area contributed by atoms with E-state index < -0.39 is 17.8 Å². The second-order valence-corrected chi connectivity index (χ2v) is 7.50. The monoisotopic (exact) mass is 497 g/mol. The first-order chi connectivity index (χ1) is 18.1. The van der Waals surface area contributed by atoms with Gasteiger partial charge in [-0.1, -0.05) is 72.8 Å². The minimum atomic E-state index is -0.622. The van der Waals surface area contributed by atoms with Crippen molar-refractivity contribution in [1.29, 1.82) is 0 Å². The molecule has 188 valence electrons. The van der Waals surface area contributed by atoms with Gasteiger partial charge in [0.15, 0.2) is 6.61 Å². The zero-order chi connectivity index (χ0) is 26.3. The summed E-state index contributed by atoms with van der Waals surface area (Å²) in [5.74, 6) is -1.15. The predicted octanol–water partition coefficient (Wildman–Crippen LogP) is 4.11. The number of hydrazone groups is 1. The standard InChI is InChI=1S/C29H27N3O5/c1-2-36-27(33)21-37-26-19-10-9-17-24(26)20-30-32-29(35)25(18-11-14-22-12-5-3-6-13-22)31-28(34)23-15-7-4-8-16-23/h3-20H,2,21H2,1H3,(H,31,34)(H,32,35)/b14-11+,25-18-,30-20?. The van der Waals surface area contributed by atoms with Crippen molar-refractivity contribution in [3.05, 3.63) is 119 Å². The molecule has 8 heteroatoms. The van der Waals surface area contributed by atoms with Gasteiger partial charge in [0, 0.05) is 11.1 Å². The summed E-state index contributed by atoms with van der Waals surface area (Å²) in [5, 5.41) is 6.63. The van der Waals surface area contributed by atoms with Gasteiger partial charge in [-0.15, -0.1) is 0 Å². The smallest absolute Gasteiger partial charge is 0.344 e. The summed E-state index contributed by atoms with van der Waals surface area (Å²) in [5.41, 5.74) is 4.30. The Morgan fingerprint density at radius 3 is 2.30 bits per heavy atom. The van der Waals surface area contributed by atoms with Crippen molar-refractivity contribution in [2.24, 2.45) is 5.10 Å². The molecule has 0 spiro atoms. The molecule has 0 heterocycles. The summed E-state index contributed by atoms with van der Waals surface area (Å²) in [6.45, 7) is 1.72. The van der Waals surface area contributed by atoms with E-state index in [-0.39, 0.29) is 18.9 Å². The Morgan fingerprint density at radius 2 is 1.57 bits per heavy atom. The van der Waals surface area contributed by atoms with E-state index in [1.807, 2.05) is 36.4 Å². The lowest BCUT2D eigenvalue weighted by Gasteiger charge is -2.09. The van der Waals surface area contributed by atoms with Crippen LogP contribution in [-0.2, 0) is 14.3 Å². The Kier molecular flexibility index (Phi) is 10.4. The Morgan fingerprint density at radius 1 is 0.892 bits per heavy atom. The van der Waals surface area contributed by atoms with Crippen LogP contribution in [0.4, 0.5) is 0 Å². The maximum Gasteiger partial charge on any atom is 0.344 e. The minimum Gasteiger partial charge on any atom is -0.481 e. The number of amides is 2. The van der Waals surface area contributed by atoms with E-state index in [0.717, 1.165) is 5.56 Å². The van der Waals surface area contributed by atoms with Crippen LogP contribution < -0.4 is 15.5 Å². The highest BCUT2D eigenvalue weighted by molar-refractivity contribution is 6.03. The molecular formula is C29H27N3O5. The van der Waals surface area contributed by atoms with Crippen molar-refractivity contribution in [2.45, 2.75) is 6.92 Å². The van der Waals surface area contributed by atoms with Gasteiger partial charge in [-0.05, 0) is 42.8 Å². The van der Waals surface area contributed by atoms with Crippen LogP contribution in [0.15, 0.2) is 108 Å². The fraction of sp³-hybridized carbons (Fsp3) is 0.103. The second-order valence-electron chi connectivity index (χ2n) is 7.50. The molecule has 0 aliphatic rings. The summed E-state index contributed by atoms with van der Waals surface area (Å²) in [6, 6.07) is 25.0. The van der Waals surface area contributed by atoms with Crippen molar-refractivity contribution in [3.8, 4) is 5.75 Å². The Hall–Kier alpha value is -4.98. The van der Waals surface area contributed by atoms with Gasteiger partial charge in [-0.3, -0.25) is 9.59 Å². The van der Waals surface area contributed by atoms with E-state index in [4.69, 9.17) is 9.47 Å². The van der Waals surface area contributed by atoms with Crippen molar-refractivity contribution >= 4 is 30.1 Å². The van der Waals surface area contributed by atoms with Crippen molar-refractivity contribution in [3.63, 3.8) is 0 Å². The Balaban J connectivity index is 1.72. The molecule has 0 bridgehead atoms. The number of carbonyl (C=O) groups excluding carboxylic acids is 3. The molecule has 8 nitrogen and oxygen atoms in total. The number of benzene rings is 3. The Bertz CT molecular complexity index is 1290. The number of hydrogen-bond donors (Lipinski definition) is 2. The molecule has 0 atom stereocenters. The molecular weight excluding hydrogens is 470 g/mol. The molecule has 2 amide bonds. The van der Waals surface area contributed by atoms with Gasteiger partial charge in [0.25, 0.3) is 11.8 Å². The van der Waals surface area contributed by atoms with Gasteiger partial charge < -0.3 is 14.8 Å². The third kappa shape index (κ3) is 8.95. The fourth-order valence-electron chi connectivity index (χ4n) is 3.06. The quantitative estimate of drug-likeness (QED) is 0.136. The van der Waals surface area contributed by atoms with Crippen LogP contribution in [0.1, 0.15) is 28.4 Å². The summed E-state index contributed by atoms with van der Waals surface area (Å²) in [6.07, 6.45) is 6.35. The zero-order valence-electron chi connectivity index (χ0n) is 20.3. The topological polar surface area (TPSA) is 106 Å². The van der Waals surface area contributed by atoms with E-state index in [9.17, 15) is 14.4 Å². The number of para-hydroxylation sites is 1. The van der Waals surface area contributed by atoms with Crippen LogP contribution in [0.25, 0.3) is 6.08 Å². The molecule has 0 radical (unpaired) electrons. The van der Waals surface area contributed by atoms with E-state index in [0.29, 0.717) is 16.9 Å². The molecule has 0 unspecified atom stereocenters. The molecule has 0 fully saturated rings. The molecule has 3 rings (SSSR count). The van der Waals surface area contributed by atoms with E-state index >= 15 is 0 Å². The molecule has 0 aromatic heterocycles. The van der Waals surface area contributed by atoms with Crippen LogP contribution in [0.3, 0.4) is 0 Å². The third-order valence-electron chi connectivity index (χ3n) is 4.82. The van der Waals surface area contributed by atoms with Gasteiger partial charge in [-0.2, -0.15) is 5.10 Å². The van der Waals surface area contributed by atoms with Crippen LogP contribution >= 0.6 is 0 Å². The minimum absolute atomic E-state index is 0.00466. The lowest BCUT2D eigenvalue weighted by molar-refractivity contribution is -0.145. The lowest BCUT2D eigenvalue weighted by atomic mass is 10.2. The lowest BCUT2D eigenvalue weighted by Crippen LogP contribution is -2.32. The maximum absolute atomic E-state index is 12.9. The van der Waals surface area contributed by atoms with Gasteiger partial charge >= 0.3 is 5.97 Å². The molecule has 0 saturated carbocycles. The summed E-state index contributed by atoms with van der Waals surface area (Å²) in [4.78, 5) is 37.1. The third-order valence-corrected chi connectivity index (χ3v) is 4.82. The highest BCUT2D eigenvalue weighted by Gasteiger charge is 2.13. The second kappa shape index (κ2) is 14.4. The van der Waals surface area contributed by atoms with Crippen LogP contribution in [0.2, 0.25) is 0 Å². The highest BCUT2D eigenvalue weighted by Crippen LogP contribution is 2.15. The molecule has 0 saturated heterocycles. The van der Waals surface area contributed by atoms with Gasteiger partial charge in [-0.25, -0.2) is 10.2 Å². The number of nitrogens with zero attached hydrogens (tertiary/aromatic N) is 1. The number of allylic oxidation sites excluding steroid dienone is 2. The van der Waals surface area contributed by atoms with Gasteiger partial charge in [0.05, 0.1) is 12.8 Å². The molecule has 3 aromatic carbocycles. The normalized spacial score (nSPS) is 11.3. The average molecular weight is 498 g/mol. The first-order valence-electron chi connectivity index (χ1n) is 11.6.